The second-order valence-corrected chi connectivity index (χ2v) is 3.13. The molecule has 0 radical (unpaired) electrons. The number of hydrogen-bond donors (Lipinski definition) is 1. The zero-order valence-corrected chi connectivity index (χ0v) is 7.66. The molecule has 0 spiro atoms. The Morgan fingerprint density at radius 2 is 2.23 bits per heavy atom. The second kappa shape index (κ2) is 4.14. The van der Waals surface area contributed by atoms with Gasteiger partial charge in [0.2, 0.25) is 0 Å². The molecule has 1 atom stereocenters. The van der Waals surface area contributed by atoms with E-state index in [-0.39, 0.29) is 0 Å². The predicted molar refractivity (Wildman–Crippen MR) is 48.6 cm³/mol. The van der Waals surface area contributed by atoms with Crippen molar-refractivity contribution in [1.29, 1.82) is 0 Å². The largest absolute Gasteiger partial charge is 0.384 e. The molecule has 0 aromatic carbocycles. The first kappa shape index (κ1) is 9.86. The summed E-state index contributed by atoms with van der Waals surface area (Å²) in [6.45, 7) is 3.74. The van der Waals surface area contributed by atoms with Gasteiger partial charge in [0.15, 0.2) is 0 Å². The summed E-state index contributed by atoms with van der Waals surface area (Å²) in [5.74, 6) is -0.432. The fourth-order valence-corrected chi connectivity index (χ4v) is 1.00. The lowest BCUT2D eigenvalue weighted by Crippen LogP contribution is -1.95. The van der Waals surface area contributed by atoms with E-state index in [2.05, 4.69) is 4.98 Å². The molecule has 3 heteroatoms. The van der Waals surface area contributed by atoms with Crippen molar-refractivity contribution < 1.29 is 9.50 Å². The number of aliphatic hydroxyl groups excluding tert-OH is 1. The van der Waals surface area contributed by atoms with Crippen LogP contribution >= 0.6 is 0 Å². The first-order valence-corrected chi connectivity index (χ1v) is 4.03. The fraction of sp³-hybridized carbons (Fsp3) is 0.300. The Morgan fingerprint density at radius 1 is 1.54 bits per heavy atom. The highest BCUT2D eigenvalue weighted by molar-refractivity contribution is 5.18. The molecular formula is C10H12FNO. The van der Waals surface area contributed by atoms with E-state index >= 15 is 0 Å². The number of rotatable bonds is 2. The Labute approximate surface area is 76.7 Å². The van der Waals surface area contributed by atoms with Crippen molar-refractivity contribution in [3.63, 3.8) is 0 Å². The number of allylic oxidation sites excluding steroid dienone is 1. The van der Waals surface area contributed by atoms with Crippen LogP contribution in [0.25, 0.3) is 0 Å². The van der Waals surface area contributed by atoms with Crippen LogP contribution in [0.15, 0.2) is 30.1 Å². The average Bonchev–Trinajstić information content (AvgIpc) is 2.03. The third-order valence-corrected chi connectivity index (χ3v) is 1.56. The molecule has 1 heterocycles. The van der Waals surface area contributed by atoms with Gasteiger partial charge < -0.3 is 5.11 Å². The molecule has 0 aliphatic heterocycles. The summed E-state index contributed by atoms with van der Waals surface area (Å²) in [6.07, 6.45) is 3.44. The summed E-state index contributed by atoms with van der Waals surface area (Å²) in [6, 6.07) is 1.27. The van der Waals surface area contributed by atoms with Crippen molar-refractivity contribution in [3.8, 4) is 0 Å². The molecule has 0 saturated heterocycles. The highest BCUT2D eigenvalue weighted by Crippen LogP contribution is 2.15. The molecule has 0 bridgehead atoms. The fourth-order valence-electron chi connectivity index (χ4n) is 1.00. The smallest absolute Gasteiger partial charge is 0.141 e. The number of aromatic nitrogens is 1. The maximum Gasteiger partial charge on any atom is 0.141 e. The molecule has 0 saturated carbocycles. The van der Waals surface area contributed by atoms with Crippen LogP contribution in [0.3, 0.4) is 0 Å². The lowest BCUT2D eigenvalue weighted by molar-refractivity contribution is 0.226. The van der Waals surface area contributed by atoms with Crippen molar-refractivity contribution in [2.75, 3.05) is 0 Å². The maximum absolute atomic E-state index is 12.7. The summed E-state index contributed by atoms with van der Waals surface area (Å²) in [5.41, 5.74) is 1.46. The van der Waals surface area contributed by atoms with Gasteiger partial charge in [-0.15, -0.1) is 0 Å². The minimum absolute atomic E-state index is 0.432. The number of halogens is 1. The topological polar surface area (TPSA) is 33.1 Å². The molecule has 1 aromatic rings. The lowest BCUT2D eigenvalue weighted by Gasteiger charge is -2.05. The van der Waals surface area contributed by atoms with E-state index in [1.807, 2.05) is 13.8 Å². The van der Waals surface area contributed by atoms with Gasteiger partial charge in [0, 0.05) is 11.8 Å². The van der Waals surface area contributed by atoms with Gasteiger partial charge in [-0.1, -0.05) is 11.6 Å². The summed E-state index contributed by atoms with van der Waals surface area (Å²) in [4.78, 5) is 3.65. The molecular weight excluding hydrogens is 169 g/mol. The highest BCUT2D eigenvalue weighted by atomic mass is 19.1. The molecule has 1 aromatic heterocycles. The summed E-state index contributed by atoms with van der Waals surface area (Å²) >= 11 is 0. The molecule has 0 amide bonds. The Morgan fingerprint density at radius 3 is 2.77 bits per heavy atom. The van der Waals surface area contributed by atoms with Gasteiger partial charge >= 0.3 is 0 Å². The zero-order valence-electron chi connectivity index (χ0n) is 7.66. The van der Waals surface area contributed by atoms with E-state index in [1.54, 1.807) is 6.08 Å². The van der Waals surface area contributed by atoms with Crippen molar-refractivity contribution in [2.24, 2.45) is 0 Å². The first-order chi connectivity index (χ1) is 6.09. The molecule has 2 nitrogen and oxygen atoms in total. The highest BCUT2D eigenvalue weighted by Gasteiger charge is 2.04. The lowest BCUT2D eigenvalue weighted by atomic mass is 10.1. The van der Waals surface area contributed by atoms with E-state index in [1.165, 1.54) is 12.3 Å². The Bertz CT molecular complexity index is 318. The van der Waals surface area contributed by atoms with Gasteiger partial charge in [-0.25, -0.2) is 4.39 Å². The minimum atomic E-state index is -0.770. The molecule has 0 aliphatic carbocycles. The van der Waals surface area contributed by atoms with Crippen LogP contribution in [0, 0.1) is 5.82 Å². The normalized spacial score (nSPS) is 12.3. The van der Waals surface area contributed by atoms with Crippen LogP contribution in [0.2, 0.25) is 0 Å². The minimum Gasteiger partial charge on any atom is -0.384 e. The quantitative estimate of drug-likeness (QED) is 0.709. The Hall–Kier alpha value is -1.22. The molecule has 1 rings (SSSR count). The number of nitrogens with zero attached hydrogens (tertiary/aromatic N) is 1. The number of pyridine rings is 1. The Balaban J connectivity index is 2.89. The van der Waals surface area contributed by atoms with Crippen LogP contribution in [0.5, 0.6) is 0 Å². The van der Waals surface area contributed by atoms with Gasteiger partial charge in [-0.05, 0) is 19.9 Å². The molecule has 1 unspecified atom stereocenters. The van der Waals surface area contributed by atoms with Gasteiger partial charge in [0.25, 0.3) is 0 Å². The predicted octanol–water partition coefficient (Wildman–Crippen LogP) is 2.22. The van der Waals surface area contributed by atoms with Crippen LogP contribution in [-0.2, 0) is 0 Å². The molecule has 0 aliphatic rings. The number of hydrogen-bond acceptors (Lipinski definition) is 2. The van der Waals surface area contributed by atoms with E-state index in [0.717, 1.165) is 11.8 Å². The number of aliphatic hydroxyl groups is 1. The molecule has 13 heavy (non-hydrogen) atoms. The molecule has 70 valence electrons. The van der Waals surface area contributed by atoms with Gasteiger partial charge in [0.1, 0.15) is 5.82 Å². The average molecular weight is 181 g/mol. The van der Waals surface area contributed by atoms with Crippen LogP contribution in [-0.4, -0.2) is 10.1 Å². The van der Waals surface area contributed by atoms with Crippen molar-refractivity contribution >= 4 is 0 Å². The van der Waals surface area contributed by atoms with Crippen molar-refractivity contribution in [2.45, 2.75) is 20.0 Å². The van der Waals surface area contributed by atoms with E-state index in [9.17, 15) is 9.50 Å². The van der Waals surface area contributed by atoms with Crippen LogP contribution in [0.1, 0.15) is 25.5 Å². The van der Waals surface area contributed by atoms with E-state index in [4.69, 9.17) is 0 Å². The van der Waals surface area contributed by atoms with E-state index in [0.29, 0.717) is 5.56 Å². The monoisotopic (exact) mass is 181 g/mol. The van der Waals surface area contributed by atoms with Crippen molar-refractivity contribution in [1.82, 2.24) is 4.98 Å². The zero-order chi connectivity index (χ0) is 9.84. The molecule has 0 fully saturated rings. The second-order valence-electron chi connectivity index (χ2n) is 3.13. The third-order valence-electron chi connectivity index (χ3n) is 1.56. The summed E-state index contributed by atoms with van der Waals surface area (Å²) in [7, 11) is 0. The van der Waals surface area contributed by atoms with Crippen molar-refractivity contribution in [3.05, 3.63) is 41.5 Å². The standard InChI is InChI=1S/C10H12FNO/c1-7(2)3-10(13)8-4-9(11)6-12-5-8/h3-6,10,13H,1-2H3. The van der Waals surface area contributed by atoms with E-state index < -0.39 is 11.9 Å². The van der Waals surface area contributed by atoms with Gasteiger partial charge in [-0.3, -0.25) is 4.98 Å². The first-order valence-electron chi connectivity index (χ1n) is 4.03. The van der Waals surface area contributed by atoms with Crippen LogP contribution < -0.4 is 0 Å². The molecule has 1 N–H and O–H groups in total. The maximum atomic E-state index is 12.7. The Kier molecular flexibility index (Phi) is 3.14. The SMILES string of the molecule is CC(C)=CC(O)c1cncc(F)c1. The summed E-state index contributed by atoms with van der Waals surface area (Å²) < 4.78 is 12.7. The third kappa shape index (κ3) is 2.95. The van der Waals surface area contributed by atoms with Gasteiger partial charge in [-0.2, -0.15) is 0 Å². The van der Waals surface area contributed by atoms with Gasteiger partial charge in [0.05, 0.1) is 12.3 Å². The summed E-state index contributed by atoms with van der Waals surface area (Å²) in [5, 5.41) is 9.53. The van der Waals surface area contributed by atoms with Crippen LogP contribution in [0.4, 0.5) is 4.39 Å².